The molecule has 4 heteroatoms. The first-order chi connectivity index (χ1) is 12.5. The second kappa shape index (κ2) is 7.56. The van der Waals surface area contributed by atoms with Crippen molar-refractivity contribution in [3.63, 3.8) is 0 Å². The quantitative estimate of drug-likeness (QED) is 0.728. The highest BCUT2D eigenvalue weighted by atomic mass is 16.2. The molecule has 4 nitrogen and oxygen atoms in total. The van der Waals surface area contributed by atoms with Crippen LogP contribution in [0.2, 0.25) is 0 Å². The van der Waals surface area contributed by atoms with Crippen LogP contribution in [0.25, 0.3) is 16.8 Å². The Bertz CT molecular complexity index is 889. The molecule has 0 aliphatic rings. The minimum atomic E-state index is -0.102. The summed E-state index contributed by atoms with van der Waals surface area (Å²) in [5.74, 6) is -0.102. The lowest BCUT2D eigenvalue weighted by atomic mass is 10.0. The third-order valence-electron chi connectivity index (χ3n) is 4.56. The molecule has 26 heavy (non-hydrogen) atoms. The largest absolute Gasteiger partial charge is 0.348 e. The monoisotopic (exact) mass is 347 g/mol. The number of nitrogens with zero attached hydrogens (tertiary/aromatic N) is 2. The number of imidazole rings is 1. The van der Waals surface area contributed by atoms with Crippen molar-refractivity contribution < 1.29 is 4.79 Å². The summed E-state index contributed by atoms with van der Waals surface area (Å²) in [5, 5.41) is 2.99. The number of carbonyl (C=O) groups excluding carboxylic acids is 1. The van der Waals surface area contributed by atoms with Crippen molar-refractivity contribution in [1.29, 1.82) is 0 Å². The average Bonchev–Trinajstić information content (AvgIpc) is 3.10. The van der Waals surface area contributed by atoms with Crippen molar-refractivity contribution in [2.24, 2.45) is 0 Å². The van der Waals surface area contributed by atoms with E-state index in [-0.39, 0.29) is 11.9 Å². The Morgan fingerprint density at radius 3 is 2.35 bits per heavy atom. The predicted octanol–water partition coefficient (Wildman–Crippen LogP) is 4.68. The molecule has 0 fully saturated rings. The maximum atomic E-state index is 12.5. The Kier molecular flexibility index (Phi) is 5.21. The first kappa shape index (κ1) is 17.9. The van der Waals surface area contributed by atoms with Gasteiger partial charge in [-0.25, -0.2) is 4.98 Å². The molecule has 1 aromatic heterocycles. The van der Waals surface area contributed by atoms with Crippen LogP contribution in [0.4, 0.5) is 0 Å². The molecule has 0 saturated carbocycles. The standard InChI is InChI=1S/C22H25N3O/c1-5-17(4)24-22(26)21-13-23-14-25(21)20-8-6-18(7-9-20)19-11-15(2)10-16(3)12-19/h6-14,17H,5H2,1-4H3,(H,24,26)/t17-/m0/s1. The zero-order chi connectivity index (χ0) is 18.7. The van der Waals surface area contributed by atoms with Gasteiger partial charge < -0.3 is 5.32 Å². The molecule has 0 spiro atoms. The Labute approximate surface area is 154 Å². The molecule has 0 aliphatic heterocycles. The number of hydrogen-bond donors (Lipinski definition) is 1. The van der Waals surface area contributed by atoms with E-state index in [0.29, 0.717) is 5.69 Å². The number of nitrogens with one attached hydrogen (secondary N) is 1. The van der Waals surface area contributed by atoms with Crippen molar-refractivity contribution in [2.45, 2.75) is 40.2 Å². The normalized spacial score (nSPS) is 12.0. The number of benzene rings is 2. The summed E-state index contributed by atoms with van der Waals surface area (Å²) in [4.78, 5) is 16.6. The van der Waals surface area contributed by atoms with Crippen LogP contribution in [0.3, 0.4) is 0 Å². The van der Waals surface area contributed by atoms with Crippen molar-refractivity contribution in [3.05, 3.63) is 71.8 Å². The average molecular weight is 347 g/mol. The van der Waals surface area contributed by atoms with Gasteiger partial charge in [-0.05, 0) is 50.5 Å². The van der Waals surface area contributed by atoms with Gasteiger partial charge in [0.1, 0.15) is 5.69 Å². The Morgan fingerprint density at radius 1 is 1.08 bits per heavy atom. The van der Waals surface area contributed by atoms with Gasteiger partial charge in [0, 0.05) is 11.7 Å². The highest BCUT2D eigenvalue weighted by Gasteiger charge is 2.14. The fourth-order valence-corrected chi connectivity index (χ4v) is 3.02. The van der Waals surface area contributed by atoms with Gasteiger partial charge in [0.15, 0.2) is 0 Å². The minimum absolute atomic E-state index is 0.102. The zero-order valence-electron chi connectivity index (χ0n) is 15.8. The summed E-state index contributed by atoms with van der Waals surface area (Å²) in [7, 11) is 0. The second-order valence-corrected chi connectivity index (χ2v) is 6.85. The summed E-state index contributed by atoms with van der Waals surface area (Å²) < 4.78 is 1.82. The fourth-order valence-electron chi connectivity index (χ4n) is 3.02. The van der Waals surface area contributed by atoms with Crippen LogP contribution in [0.5, 0.6) is 0 Å². The van der Waals surface area contributed by atoms with Crippen LogP contribution in [0.15, 0.2) is 55.0 Å². The summed E-state index contributed by atoms with van der Waals surface area (Å²) in [5.41, 5.74) is 6.33. The molecular formula is C22H25N3O. The second-order valence-electron chi connectivity index (χ2n) is 6.85. The van der Waals surface area contributed by atoms with E-state index >= 15 is 0 Å². The zero-order valence-corrected chi connectivity index (χ0v) is 15.8. The highest BCUT2D eigenvalue weighted by molar-refractivity contribution is 5.93. The van der Waals surface area contributed by atoms with Crippen LogP contribution in [0, 0.1) is 13.8 Å². The van der Waals surface area contributed by atoms with Crippen molar-refractivity contribution in [2.75, 3.05) is 0 Å². The van der Waals surface area contributed by atoms with Crippen molar-refractivity contribution >= 4 is 5.91 Å². The lowest BCUT2D eigenvalue weighted by Gasteiger charge is -2.13. The van der Waals surface area contributed by atoms with Gasteiger partial charge in [-0.2, -0.15) is 0 Å². The number of aromatic nitrogens is 2. The summed E-state index contributed by atoms with van der Waals surface area (Å²) in [6, 6.07) is 14.9. The highest BCUT2D eigenvalue weighted by Crippen LogP contribution is 2.24. The van der Waals surface area contributed by atoms with Gasteiger partial charge in [0.25, 0.3) is 5.91 Å². The molecule has 134 valence electrons. The summed E-state index contributed by atoms with van der Waals surface area (Å²) in [6.45, 7) is 8.27. The van der Waals surface area contributed by atoms with Crippen LogP contribution < -0.4 is 5.32 Å². The lowest BCUT2D eigenvalue weighted by molar-refractivity contribution is 0.0932. The van der Waals surface area contributed by atoms with E-state index in [1.54, 1.807) is 12.5 Å². The summed E-state index contributed by atoms with van der Waals surface area (Å²) in [6.07, 6.45) is 4.18. The molecule has 0 bridgehead atoms. The molecule has 1 N–H and O–H groups in total. The minimum Gasteiger partial charge on any atom is -0.348 e. The van der Waals surface area contributed by atoms with E-state index in [1.807, 2.05) is 30.5 Å². The molecule has 0 aliphatic carbocycles. The number of carbonyl (C=O) groups is 1. The van der Waals surface area contributed by atoms with Crippen LogP contribution >= 0.6 is 0 Å². The van der Waals surface area contributed by atoms with Gasteiger partial charge in [0.05, 0.1) is 12.5 Å². The molecule has 3 rings (SSSR count). The third kappa shape index (κ3) is 3.85. The molecular weight excluding hydrogens is 322 g/mol. The molecule has 1 amide bonds. The number of aryl methyl sites for hydroxylation is 2. The molecule has 2 aromatic carbocycles. The Balaban J connectivity index is 1.88. The predicted molar refractivity (Wildman–Crippen MR) is 106 cm³/mol. The van der Waals surface area contributed by atoms with E-state index in [4.69, 9.17) is 0 Å². The first-order valence-electron chi connectivity index (χ1n) is 9.00. The van der Waals surface area contributed by atoms with Crippen LogP contribution in [-0.4, -0.2) is 21.5 Å². The van der Waals surface area contributed by atoms with Crippen LogP contribution in [-0.2, 0) is 0 Å². The third-order valence-corrected chi connectivity index (χ3v) is 4.56. The number of rotatable bonds is 5. The van der Waals surface area contributed by atoms with E-state index < -0.39 is 0 Å². The van der Waals surface area contributed by atoms with Gasteiger partial charge in [-0.1, -0.05) is 48.4 Å². The number of amides is 1. The van der Waals surface area contributed by atoms with E-state index in [1.165, 1.54) is 16.7 Å². The van der Waals surface area contributed by atoms with Crippen LogP contribution in [0.1, 0.15) is 41.9 Å². The van der Waals surface area contributed by atoms with Gasteiger partial charge >= 0.3 is 0 Å². The van der Waals surface area contributed by atoms with E-state index in [9.17, 15) is 4.79 Å². The van der Waals surface area contributed by atoms with Gasteiger partial charge in [-0.15, -0.1) is 0 Å². The van der Waals surface area contributed by atoms with Crippen molar-refractivity contribution in [3.8, 4) is 16.8 Å². The Morgan fingerprint density at radius 2 is 1.73 bits per heavy atom. The fraction of sp³-hybridized carbons (Fsp3) is 0.273. The lowest BCUT2D eigenvalue weighted by Crippen LogP contribution is -2.33. The Hall–Kier alpha value is -2.88. The number of hydrogen-bond acceptors (Lipinski definition) is 2. The molecule has 0 radical (unpaired) electrons. The van der Waals surface area contributed by atoms with E-state index in [2.05, 4.69) is 54.5 Å². The van der Waals surface area contributed by atoms with E-state index in [0.717, 1.165) is 17.7 Å². The molecule has 1 atom stereocenters. The maximum Gasteiger partial charge on any atom is 0.270 e. The molecule has 0 saturated heterocycles. The molecule has 3 aromatic rings. The summed E-state index contributed by atoms with van der Waals surface area (Å²) >= 11 is 0. The van der Waals surface area contributed by atoms with Gasteiger partial charge in [-0.3, -0.25) is 9.36 Å². The smallest absolute Gasteiger partial charge is 0.270 e. The maximum absolute atomic E-state index is 12.5. The molecule has 1 heterocycles. The SMILES string of the molecule is CC[C@H](C)NC(=O)c1cncn1-c1ccc(-c2cc(C)cc(C)c2)cc1. The van der Waals surface area contributed by atoms with Crippen molar-refractivity contribution in [1.82, 2.24) is 14.9 Å². The first-order valence-corrected chi connectivity index (χ1v) is 9.00. The molecule has 0 unspecified atom stereocenters. The van der Waals surface area contributed by atoms with Gasteiger partial charge in [0.2, 0.25) is 0 Å². The topological polar surface area (TPSA) is 46.9 Å².